The van der Waals surface area contributed by atoms with E-state index < -0.39 is 0 Å². The molecule has 1 fully saturated rings. The molecule has 0 saturated carbocycles. The predicted molar refractivity (Wildman–Crippen MR) is 114 cm³/mol. The van der Waals surface area contributed by atoms with Crippen LogP contribution < -0.4 is 5.32 Å². The van der Waals surface area contributed by atoms with Crippen LogP contribution in [-0.4, -0.2) is 33.4 Å². The second-order valence-electron chi connectivity index (χ2n) is 7.66. The molecule has 0 bridgehead atoms. The molecule has 1 aliphatic heterocycles. The summed E-state index contributed by atoms with van der Waals surface area (Å²) in [5, 5.41) is 3.02. The van der Waals surface area contributed by atoms with Crippen molar-refractivity contribution in [3.63, 3.8) is 0 Å². The maximum Gasteiger partial charge on any atom is 0.257 e. The monoisotopic (exact) mass is 376 g/mol. The largest absolute Gasteiger partial charge is 0.310 e. The fourth-order valence-corrected chi connectivity index (χ4v) is 4.02. The Labute approximate surface area is 166 Å². The first kappa shape index (κ1) is 18.7. The van der Waals surface area contributed by atoms with Gasteiger partial charge in [-0.2, -0.15) is 0 Å². The van der Waals surface area contributed by atoms with Crippen molar-refractivity contribution in [2.24, 2.45) is 0 Å². The van der Waals surface area contributed by atoms with Gasteiger partial charge in [-0.15, -0.1) is 0 Å². The lowest BCUT2D eigenvalue weighted by molar-refractivity contribution is 0.102. The zero-order valence-electron chi connectivity index (χ0n) is 16.7. The number of hydrogen-bond donors (Lipinski definition) is 1. The van der Waals surface area contributed by atoms with Crippen molar-refractivity contribution in [1.29, 1.82) is 0 Å². The first-order valence-electron chi connectivity index (χ1n) is 10.2. The van der Waals surface area contributed by atoms with E-state index in [1.807, 2.05) is 22.8 Å². The van der Waals surface area contributed by atoms with Crippen LogP contribution in [0.4, 0.5) is 5.95 Å². The van der Waals surface area contributed by atoms with E-state index in [9.17, 15) is 4.79 Å². The summed E-state index contributed by atoms with van der Waals surface area (Å²) < 4.78 is 2.05. The number of piperidine rings is 1. The summed E-state index contributed by atoms with van der Waals surface area (Å²) in [6, 6.07) is 14.2. The molecule has 1 saturated heterocycles. The van der Waals surface area contributed by atoms with Gasteiger partial charge in [-0.25, -0.2) is 4.98 Å². The second kappa shape index (κ2) is 8.15. The van der Waals surface area contributed by atoms with Gasteiger partial charge in [0.2, 0.25) is 5.95 Å². The Bertz CT molecular complexity index is 985. The highest BCUT2D eigenvalue weighted by atomic mass is 16.1. The van der Waals surface area contributed by atoms with Gasteiger partial charge >= 0.3 is 0 Å². The molecular formula is C23H28N4O. The molecule has 5 heteroatoms. The molecule has 2 heterocycles. The summed E-state index contributed by atoms with van der Waals surface area (Å²) in [4.78, 5) is 20.0. The Morgan fingerprint density at radius 3 is 2.71 bits per heavy atom. The van der Waals surface area contributed by atoms with Crippen molar-refractivity contribution in [2.45, 2.75) is 46.2 Å². The van der Waals surface area contributed by atoms with Crippen LogP contribution in [0, 0.1) is 6.92 Å². The molecule has 1 N–H and O–H groups in total. The smallest absolute Gasteiger partial charge is 0.257 e. The number of benzene rings is 2. The lowest BCUT2D eigenvalue weighted by Gasteiger charge is -2.26. The fraction of sp³-hybridized carbons (Fsp3) is 0.391. The number of carbonyl (C=O) groups is 1. The molecule has 1 aliphatic rings. The quantitative estimate of drug-likeness (QED) is 0.708. The number of carbonyl (C=O) groups excluding carboxylic acids is 1. The van der Waals surface area contributed by atoms with E-state index in [-0.39, 0.29) is 5.91 Å². The van der Waals surface area contributed by atoms with E-state index >= 15 is 0 Å². The van der Waals surface area contributed by atoms with Crippen molar-refractivity contribution >= 4 is 22.9 Å². The molecule has 0 spiro atoms. The normalized spacial score (nSPS) is 15.1. The van der Waals surface area contributed by atoms with E-state index in [1.165, 1.54) is 24.8 Å². The Balaban J connectivity index is 1.53. The van der Waals surface area contributed by atoms with E-state index in [0.29, 0.717) is 11.5 Å². The lowest BCUT2D eigenvalue weighted by atomic mass is 10.1. The topological polar surface area (TPSA) is 50.2 Å². The minimum Gasteiger partial charge on any atom is -0.310 e. The van der Waals surface area contributed by atoms with Crippen LogP contribution in [0.5, 0.6) is 0 Å². The summed E-state index contributed by atoms with van der Waals surface area (Å²) in [6.45, 7) is 8.08. The van der Waals surface area contributed by atoms with Gasteiger partial charge in [0.1, 0.15) is 0 Å². The average molecular weight is 377 g/mol. The van der Waals surface area contributed by atoms with Gasteiger partial charge in [-0.05, 0) is 75.2 Å². The van der Waals surface area contributed by atoms with Crippen molar-refractivity contribution in [1.82, 2.24) is 14.5 Å². The van der Waals surface area contributed by atoms with Gasteiger partial charge in [-0.1, -0.05) is 24.6 Å². The number of aromatic nitrogens is 2. The summed E-state index contributed by atoms with van der Waals surface area (Å²) >= 11 is 0. The van der Waals surface area contributed by atoms with Crippen molar-refractivity contribution in [3.05, 3.63) is 59.2 Å². The maximum atomic E-state index is 12.9. The highest BCUT2D eigenvalue weighted by molar-refractivity contribution is 6.04. The number of amides is 1. The third kappa shape index (κ3) is 3.94. The second-order valence-corrected chi connectivity index (χ2v) is 7.66. The summed E-state index contributed by atoms with van der Waals surface area (Å²) in [6.07, 6.45) is 3.87. The number of aryl methyl sites for hydroxylation is 2. The SMILES string of the molecule is CCn1c(NC(=O)c2cccc(CN3CCCCC3)c2)nc2cc(C)ccc21. The van der Waals surface area contributed by atoms with Gasteiger partial charge in [0.05, 0.1) is 11.0 Å². The number of fused-ring (bicyclic) bond motifs is 1. The molecule has 28 heavy (non-hydrogen) atoms. The first-order valence-corrected chi connectivity index (χ1v) is 10.2. The van der Waals surface area contributed by atoms with E-state index in [2.05, 4.69) is 53.3 Å². The number of nitrogens with zero attached hydrogens (tertiary/aromatic N) is 3. The van der Waals surface area contributed by atoms with E-state index in [1.54, 1.807) is 0 Å². The predicted octanol–water partition coefficient (Wildman–Crippen LogP) is 4.60. The molecule has 0 radical (unpaired) electrons. The Morgan fingerprint density at radius 1 is 1.11 bits per heavy atom. The van der Waals surface area contributed by atoms with Gasteiger partial charge < -0.3 is 4.57 Å². The summed E-state index contributed by atoms with van der Waals surface area (Å²) in [5.74, 6) is 0.497. The maximum absolute atomic E-state index is 12.9. The van der Waals surface area contributed by atoms with E-state index in [4.69, 9.17) is 0 Å². The third-order valence-corrected chi connectivity index (χ3v) is 5.49. The van der Waals surface area contributed by atoms with Gasteiger partial charge in [0.15, 0.2) is 0 Å². The molecule has 3 aromatic rings. The molecular weight excluding hydrogens is 348 g/mol. The molecule has 2 aromatic carbocycles. The minimum atomic E-state index is -0.109. The highest BCUT2D eigenvalue weighted by Crippen LogP contribution is 2.22. The number of rotatable bonds is 5. The molecule has 4 rings (SSSR count). The van der Waals surface area contributed by atoms with Gasteiger partial charge in [0, 0.05) is 18.7 Å². The molecule has 146 valence electrons. The number of hydrogen-bond acceptors (Lipinski definition) is 3. The average Bonchev–Trinajstić information content (AvgIpc) is 3.04. The molecule has 0 aliphatic carbocycles. The van der Waals surface area contributed by atoms with Crippen LogP contribution >= 0.6 is 0 Å². The van der Waals surface area contributed by atoms with Crippen molar-refractivity contribution in [3.8, 4) is 0 Å². The zero-order valence-corrected chi connectivity index (χ0v) is 16.7. The van der Waals surface area contributed by atoms with E-state index in [0.717, 1.165) is 42.8 Å². The van der Waals surface area contributed by atoms with Crippen molar-refractivity contribution in [2.75, 3.05) is 18.4 Å². The molecule has 1 amide bonds. The highest BCUT2D eigenvalue weighted by Gasteiger charge is 2.15. The van der Waals surface area contributed by atoms with Crippen LogP contribution in [0.15, 0.2) is 42.5 Å². The molecule has 1 aromatic heterocycles. The Hall–Kier alpha value is -2.66. The number of anilines is 1. The third-order valence-electron chi connectivity index (χ3n) is 5.49. The minimum absolute atomic E-state index is 0.109. The van der Waals surface area contributed by atoms with Crippen LogP contribution in [0.25, 0.3) is 11.0 Å². The first-order chi connectivity index (χ1) is 13.6. The number of imidazole rings is 1. The Kier molecular flexibility index (Phi) is 5.44. The summed E-state index contributed by atoms with van der Waals surface area (Å²) in [7, 11) is 0. The number of likely N-dealkylation sites (tertiary alicyclic amines) is 1. The van der Waals surface area contributed by atoms with Crippen LogP contribution in [0.1, 0.15) is 47.7 Å². The van der Waals surface area contributed by atoms with Gasteiger partial charge in [-0.3, -0.25) is 15.0 Å². The molecule has 0 atom stereocenters. The lowest BCUT2D eigenvalue weighted by Crippen LogP contribution is -2.29. The van der Waals surface area contributed by atoms with Crippen LogP contribution in [0.2, 0.25) is 0 Å². The zero-order chi connectivity index (χ0) is 19.5. The van der Waals surface area contributed by atoms with Crippen molar-refractivity contribution < 1.29 is 4.79 Å². The fourth-order valence-electron chi connectivity index (χ4n) is 4.02. The van der Waals surface area contributed by atoms with Crippen LogP contribution in [0.3, 0.4) is 0 Å². The number of nitrogens with one attached hydrogen (secondary N) is 1. The summed E-state index contributed by atoms with van der Waals surface area (Å²) in [5.41, 5.74) is 4.99. The standard InChI is InChI=1S/C23H28N4O/c1-3-27-21-11-10-17(2)14-20(21)24-23(27)25-22(28)19-9-7-8-18(15-19)16-26-12-5-4-6-13-26/h7-11,14-15H,3-6,12-13,16H2,1-2H3,(H,24,25,28). The molecule has 0 unspecified atom stereocenters. The Morgan fingerprint density at radius 2 is 1.93 bits per heavy atom. The van der Waals surface area contributed by atoms with Gasteiger partial charge in [0.25, 0.3) is 5.91 Å². The molecule has 5 nitrogen and oxygen atoms in total. The van der Waals surface area contributed by atoms with Crippen LogP contribution in [-0.2, 0) is 13.1 Å².